The fraction of sp³-hybridized carbons (Fsp3) is 0.417. The van der Waals surface area contributed by atoms with Crippen molar-refractivity contribution in [2.24, 2.45) is 5.92 Å². The van der Waals surface area contributed by atoms with Crippen molar-refractivity contribution in [2.75, 3.05) is 12.4 Å². The molecule has 2 aromatic carbocycles. The Morgan fingerprint density at radius 1 is 1.03 bits per heavy atom. The number of nitrogens with zero attached hydrogens (tertiary/aromatic N) is 1. The maximum Gasteiger partial charge on any atom is 0.339 e. The molecule has 180 valence electrons. The summed E-state index contributed by atoms with van der Waals surface area (Å²) in [5, 5.41) is 2.58. The molecule has 2 rings (SSSR count). The van der Waals surface area contributed by atoms with Crippen LogP contribution in [0.2, 0.25) is 0 Å². The maximum absolute atomic E-state index is 12.9. The van der Waals surface area contributed by atoms with E-state index in [2.05, 4.69) is 5.32 Å². The summed E-state index contributed by atoms with van der Waals surface area (Å²) in [6.07, 6.45) is 0.792. The van der Waals surface area contributed by atoms with Crippen molar-refractivity contribution >= 4 is 27.6 Å². The number of anilines is 1. The predicted octanol–water partition coefficient (Wildman–Crippen LogP) is 4.20. The summed E-state index contributed by atoms with van der Waals surface area (Å²) in [5.41, 5.74) is 1.19. The van der Waals surface area contributed by atoms with Gasteiger partial charge in [0, 0.05) is 31.1 Å². The molecular formula is C24H32N2O6S. The molecule has 0 bridgehead atoms. The molecule has 0 fully saturated rings. The first-order valence-electron chi connectivity index (χ1n) is 10.8. The number of amides is 2. The van der Waals surface area contributed by atoms with E-state index in [9.17, 15) is 18.0 Å². The van der Waals surface area contributed by atoms with Gasteiger partial charge in [0.1, 0.15) is 4.90 Å². The molecule has 0 radical (unpaired) electrons. The van der Waals surface area contributed by atoms with Crippen molar-refractivity contribution in [2.45, 2.75) is 58.5 Å². The predicted molar refractivity (Wildman–Crippen MR) is 127 cm³/mol. The Morgan fingerprint density at radius 2 is 1.67 bits per heavy atom. The van der Waals surface area contributed by atoms with E-state index in [-0.39, 0.29) is 40.2 Å². The highest BCUT2D eigenvalue weighted by Gasteiger charge is 2.24. The molecule has 0 aliphatic rings. The van der Waals surface area contributed by atoms with Gasteiger partial charge in [-0.3, -0.25) is 9.59 Å². The molecule has 0 spiro atoms. The lowest BCUT2D eigenvalue weighted by molar-refractivity contribution is -0.137. The number of carbonyl (C=O) groups is 2. The van der Waals surface area contributed by atoms with E-state index in [0.717, 1.165) is 12.0 Å². The smallest absolute Gasteiger partial charge is 0.339 e. The first-order chi connectivity index (χ1) is 15.5. The second-order valence-corrected chi connectivity index (χ2v) is 9.65. The van der Waals surface area contributed by atoms with Crippen LogP contribution < -0.4 is 14.2 Å². The molecule has 0 aliphatic carbocycles. The highest BCUT2D eigenvalue weighted by Crippen LogP contribution is 2.32. The zero-order valence-electron chi connectivity index (χ0n) is 19.9. The van der Waals surface area contributed by atoms with Gasteiger partial charge in [-0.25, -0.2) is 0 Å². The first kappa shape index (κ1) is 26.2. The third-order valence-corrected chi connectivity index (χ3v) is 6.39. The standard InChI is InChI=1S/C24H32N2O6S/c1-7-17(4)26(24(28)16(2)3)15-19-8-13-22(31-6)23(14-19)32-33(29,30)21-11-9-20(10-12-21)25-18(5)27/h8-14,16-17H,7,15H2,1-6H3,(H,25,27)/t17-/m0/s1. The minimum Gasteiger partial charge on any atom is -0.493 e. The van der Waals surface area contributed by atoms with Crippen LogP contribution in [0.4, 0.5) is 5.69 Å². The quantitative estimate of drug-likeness (QED) is 0.516. The monoisotopic (exact) mass is 476 g/mol. The fourth-order valence-electron chi connectivity index (χ4n) is 3.16. The zero-order chi connectivity index (χ0) is 24.8. The van der Waals surface area contributed by atoms with Crippen LogP contribution in [0.3, 0.4) is 0 Å². The topological polar surface area (TPSA) is 102 Å². The van der Waals surface area contributed by atoms with E-state index in [1.54, 1.807) is 23.1 Å². The number of hydrogen-bond acceptors (Lipinski definition) is 6. The van der Waals surface area contributed by atoms with Crippen molar-refractivity contribution in [1.29, 1.82) is 0 Å². The molecule has 33 heavy (non-hydrogen) atoms. The van der Waals surface area contributed by atoms with Crippen LogP contribution in [0, 0.1) is 5.92 Å². The highest BCUT2D eigenvalue weighted by molar-refractivity contribution is 7.87. The van der Waals surface area contributed by atoms with Gasteiger partial charge in [-0.1, -0.05) is 26.8 Å². The van der Waals surface area contributed by atoms with Crippen LogP contribution in [0.1, 0.15) is 46.6 Å². The average Bonchev–Trinajstić information content (AvgIpc) is 2.76. The van der Waals surface area contributed by atoms with Crippen LogP contribution in [0.15, 0.2) is 47.4 Å². The number of methoxy groups -OCH3 is 1. The Hall–Kier alpha value is -3.07. The van der Waals surface area contributed by atoms with Crippen molar-refractivity contribution in [1.82, 2.24) is 4.90 Å². The lowest BCUT2D eigenvalue weighted by Gasteiger charge is -2.30. The molecule has 1 N–H and O–H groups in total. The molecule has 1 atom stereocenters. The van der Waals surface area contributed by atoms with Crippen LogP contribution >= 0.6 is 0 Å². The molecule has 0 aliphatic heterocycles. The summed E-state index contributed by atoms with van der Waals surface area (Å²) in [6, 6.07) is 10.7. The Balaban J connectivity index is 2.33. The Morgan fingerprint density at radius 3 is 2.18 bits per heavy atom. The van der Waals surface area contributed by atoms with E-state index >= 15 is 0 Å². The van der Waals surface area contributed by atoms with Gasteiger partial charge in [-0.05, 0) is 55.3 Å². The molecule has 0 saturated carbocycles. The van der Waals surface area contributed by atoms with Gasteiger partial charge in [0.05, 0.1) is 7.11 Å². The molecule has 0 saturated heterocycles. The minimum absolute atomic E-state index is 0.0227. The van der Waals surface area contributed by atoms with Gasteiger partial charge in [0.2, 0.25) is 11.8 Å². The summed E-state index contributed by atoms with van der Waals surface area (Å²) in [6.45, 7) is 9.38. The molecule has 0 heterocycles. The van der Waals surface area contributed by atoms with Gasteiger partial charge in [-0.15, -0.1) is 0 Å². The van der Waals surface area contributed by atoms with Crippen LogP contribution in [0.25, 0.3) is 0 Å². The average molecular weight is 477 g/mol. The molecule has 2 amide bonds. The number of rotatable bonds is 10. The number of nitrogens with one attached hydrogen (secondary N) is 1. The molecule has 0 aromatic heterocycles. The van der Waals surface area contributed by atoms with Gasteiger partial charge in [-0.2, -0.15) is 8.42 Å². The summed E-state index contributed by atoms with van der Waals surface area (Å²) < 4.78 is 36.4. The first-order valence-corrected chi connectivity index (χ1v) is 12.2. The SMILES string of the molecule is CC[C@H](C)N(Cc1ccc(OC)c(OS(=O)(=O)c2ccc(NC(C)=O)cc2)c1)C(=O)C(C)C. The summed E-state index contributed by atoms with van der Waals surface area (Å²) >= 11 is 0. The molecule has 8 nitrogen and oxygen atoms in total. The van der Waals surface area contributed by atoms with Gasteiger partial charge in [0.25, 0.3) is 0 Å². The highest BCUT2D eigenvalue weighted by atomic mass is 32.2. The van der Waals surface area contributed by atoms with Gasteiger partial charge < -0.3 is 19.1 Å². The van der Waals surface area contributed by atoms with Crippen molar-refractivity contribution in [3.05, 3.63) is 48.0 Å². The molecular weight excluding hydrogens is 444 g/mol. The fourth-order valence-corrected chi connectivity index (χ4v) is 4.09. The van der Waals surface area contributed by atoms with E-state index < -0.39 is 10.1 Å². The maximum atomic E-state index is 12.9. The summed E-state index contributed by atoms with van der Waals surface area (Å²) in [4.78, 5) is 25.6. The molecule has 2 aromatic rings. The number of hydrogen-bond donors (Lipinski definition) is 1. The third-order valence-electron chi connectivity index (χ3n) is 5.14. The Kier molecular flexibility index (Phi) is 8.87. The Labute approximate surface area is 196 Å². The van der Waals surface area contributed by atoms with Gasteiger partial charge in [0.15, 0.2) is 11.5 Å². The van der Waals surface area contributed by atoms with E-state index in [1.807, 2.05) is 27.7 Å². The van der Waals surface area contributed by atoms with Gasteiger partial charge >= 0.3 is 10.1 Å². The van der Waals surface area contributed by atoms with Crippen LogP contribution in [0.5, 0.6) is 11.5 Å². The van der Waals surface area contributed by atoms with Crippen LogP contribution in [-0.4, -0.2) is 38.3 Å². The van der Waals surface area contributed by atoms with Crippen molar-refractivity contribution in [3.8, 4) is 11.5 Å². The third kappa shape index (κ3) is 6.95. The largest absolute Gasteiger partial charge is 0.493 e. The lowest BCUT2D eigenvalue weighted by atomic mass is 10.1. The van der Waals surface area contributed by atoms with E-state index in [0.29, 0.717) is 12.2 Å². The lowest BCUT2D eigenvalue weighted by Crippen LogP contribution is -2.40. The van der Waals surface area contributed by atoms with Crippen molar-refractivity contribution in [3.63, 3.8) is 0 Å². The normalized spacial score (nSPS) is 12.2. The molecule has 9 heteroatoms. The second kappa shape index (κ2) is 11.2. The van der Waals surface area contributed by atoms with Crippen molar-refractivity contribution < 1.29 is 26.9 Å². The number of carbonyl (C=O) groups excluding carboxylic acids is 2. The zero-order valence-corrected chi connectivity index (χ0v) is 20.7. The number of ether oxygens (including phenoxy) is 1. The van der Waals surface area contributed by atoms with E-state index in [1.165, 1.54) is 38.3 Å². The van der Waals surface area contributed by atoms with Crippen LogP contribution in [-0.2, 0) is 26.3 Å². The minimum atomic E-state index is -4.16. The number of benzene rings is 2. The van der Waals surface area contributed by atoms with E-state index in [4.69, 9.17) is 8.92 Å². The summed E-state index contributed by atoms with van der Waals surface area (Å²) in [7, 11) is -2.74. The Bertz CT molecular complexity index is 1080. The second-order valence-electron chi connectivity index (χ2n) is 8.11. The molecule has 0 unspecified atom stereocenters. The summed E-state index contributed by atoms with van der Waals surface area (Å²) in [5.74, 6) is -0.112.